The highest BCUT2D eigenvalue weighted by Gasteiger charge is 2.16. The van der Waals surface area contributed by atoms with Gasteiger partial charge in [-0.1, -0.05) is 96.6 Å². The van der Waals surface area contributed by atoms with E-state index in [-0.39, 0.29) is 0 Å². The smallest absolute Gasteiger partial charge is 0.0273 e. The fourth-order valence-electron chi connectivity index (χ4n) is 5.43. The molecule has 0 aliphatic heterocycles. The van der Waals surface area contributed by atoms with Crippen LogP contribution in [0.5, 0.6) is 0 Å². The van der Waals surface area contributed by atoms with Crippen LogP contribution in [-0.4, -0.2) is 4.98 Å². The number of nitrogens with zero attached hydrogens (tertiary/aromatic N) is 1. The quantitative estimate of drug-likeness (QED) is 0.247. The summed E-state index contributed by atoms with van der Waals surface area (Å²) in [6.45, 7) is 2.14. The highest BCUT2D eigenvalue weighted by Crippen LogP contribution is 2.44. The van der Waals surface area contributed by atoms with E-state index < -0.39 is 0 Å². The first kappa shape index (κ1) is 19.9. The summed E-state index contributed by atoms with van der Waals surface area (Å²) in [6.07, 6.45) is 3.69. The molecule has 1 heterocycles. The zero-order valence-corrected chi connectivity index (χ0v) is 19.5. The van der Waals surface area contributed by atoms with Crippen molar-refractivity contribution in [3.63, 3.8) is 0 Å². The molecular formula is C34H23N. The summed E-state index contributed by atoms with van der Waals surface area (Å²) in [4.78, 5) is 4.15. The van der Waals surface area contributed by atoms with Crippen LogP contribution in [0.2, 0.25) is 0 Å². The molecule has 1 aromatic heterocycles. The van der Waals surface area contributed by atoms with Gasteiger partial charge in [0.05, 0.1) is 0 Å². The Morgan fingerprint density at radius 3 is 1.57 bits per heavy atom. The lowest BCUT2D eigenvalue weighted by atomic mass is 9.85. The van der Waals surface area contributed by atoms with E-state index in [4.69, 9.17) is 0 Å². The molecule has 0 amide bonds. The van der Waals surface area contributed by atoms with Crippen molar-refractivity contribution in [3.8, 4) is 33.4 Å². The number of benzene rings is 6. The van der Waals surface area contributed by atoms with Gasteiger partial charge in [0.2, 0.25) is 0 Å². The van der Waals surface area contributed by atoms with Crippen LogP contribution < -0.4 is 0 Å². The van der Waals surface area contributed by atoms with Crippen molar-refractivity contribution in [1.29, 1.82) is 0 Å². The summed E-state index contributed by atoms with van der Waals surface area (Å²) in [5.74, 6) is 0. The van der Waals surface area contributed by atoms with Gasteiger partial charge in [0.15, 0.2) is 0 Å². The van der Waals surface area contributed by atoms with Crippen molar-refractivity contribution in [2.75, 3.05) is 0 Å². The second-order valence-electron chi connectivity index (χ2n) is 9.33. The van der Waals surface area contributed by atoms with Gasteiger partial charge in [0.25, 0.3) is 0 Å². The van der Waals surface area contributed by atoms with E-state index in [1.165, 1.54) is 71.3 Å². The molecule has 0 N–H and O–H groups in total. The molecule has 0 aliphatic rings. The maximum Gasteiger partial charge on any atom is 0.0273 e. The molecule has 0 fully saturated rings. The molecule has 7 rings (SSSR count). The van der Waals surface area contributed by atoms with E-state index in [9.17, 15) is 0 Å². The highest BCUT2D eigenvalue weighted by molar-refractivity contribution is 6.28. The third-order valence-corrected chi connectivity index (χ3v) is 7.22. The first-order chi connectivity index (χ1) is 17.3. The Hall–Kier alpha value is -4.49. The van der Waals surface area contributed by atoms with E-state index in [1.807, 2.05) is 12.4 Å². The molecule has 1 nitrogen and oxygen atoms in total. The van der Waals surface area contributed by atoms with Gasteiger partial charge in [0.1, 0.15) is 0 Å². The Bertz CT molecular complexity index is 1800. The van der Waals surface area contributed by atoms with E-state index in [0.29, 0.717) is 0 Å². The van der Waals surface area contributed by atoms with Gasteiger partial charge in [0, 0.05) is 12.4 Å². The fourth-order valence-corrected chi connectivity index (χ4v) is 5.43. The minimum Gasteiger partial charge on any atom is -0.265 e. The molecule has 0 spiro atoms. The van der Waals surface area contributed by atoms with Crippen LogP contribution in [0.3, 0.4) is 0 Å². The molecule has 0 radical (unpaired) electrons. The monoisotopic (exact) mass is 445 g/mol. The number of hydrogen-bond donors (Lipinski definition) is 0. The molecule has 0 bridgehead atoms. The molecule has 0 aliphatic carbocycles. The number of aryl methyl sites for hydroxylation is 1. The van der Waals surface area contributed by atoms with Crippen LogP contribution in [0.25, 0.3) is 65.7 Å². The van der Waals surface area contributed by atoms with Gasteiger partial charge in [-0.25, -0.2) is 0 Å². The zero-order chi connectivity index (χ0) is 23.4. The van der Waals surface area contributed by atoms with Gasteiger partial charge in [-0.05, 0) is 90.8 Å². The molecule has 164 valence electrons. The molecular weight excluding hydrogens is 422 g/mol. The summed E-state index contributed by atoms with van der Waals surface area (Å²) in [5, 5.41) is 7.90. The van der Waals surface area contributed by atoms with E-state index in [2.05, 4.69) is 121 Å². The second kappa shape index (κ2) is 7.78. The standard InChI is InChI=1S/C34H23N/c1-22-5-7-25(8-6-22)31-21-32(26-11-9-23(10-12-26)24-17-19-35-20-18-24)30-16-14-28-4-2-3-27-13-15-29(31)34(30)33(27)28/h2-21H,1H3. The number of aromatic nitrogens is 1. The molecule has 7 aromatic rings. The summed E-state index contributed by atoms with van der Waals surface area (Å²) in [5.41, 5.74) is 8.70. The number of rotatable bonds is 3. The molecule has 0 atom stereocenters. The van der Waals surface area contributed by atoms with Gasteiger partial charge in [-0.3, -0.25) is 4.98 Å². The lowest BCUT2D eigenvalue weighted by Gasteiger charge is -2.18. The van der Waals surface area contributed by atoms with E-state index in [0.717, 1.165) is 0 Å². The van der Waals surface area contributed by atoms with Gasteiger partial charge in [-0.15, -0.1) is 0 Å². The average molecular weight is 446 g/mol. The first-order valence-corrected chi connectivity index (χ1v) is 12.0. The summed E-state index contributed by atoms with van der Waals surface area (Å²) in [6, 6.07) is 40.1. The molecule has 0 saturated heterocycles. The molecule has 0 unspecified atom stereocenters. The minimum absolute atomic E-state index is 1.18. The van der Waals surface area contributed by atoms with Crippen molar-refractivity contribution in [2.24, 2.45) is 0 Å². The second-order valence-corrected chi connectivity index (χ2v) is 9.33. The fraction of sp³-hybridized carbons (Fsp3) is 0.0294. The largest absolute Gasteiger partial charge is 0.265 e. The SMILES string of the molecule is Cc1ccc(-c2cc(-c3ccc(-c4ccncc4)cc3)c3ccc4cccc5ccc2c3c54)cc1. The Balaban J connectivity index is 1.53. The Labute approximate surface area is 204 Å². The van der Waals surface area contributed by atoms with Crippen molar-refractivity contribution in [3.05, 3.63) is 127 Å². The molecule has 6 aromatic carbocycles. The number of pyridine rings is 1. The van der Waals surface area contributed by atoms with Crippen LogP contribution >= 0.6 is 0 Å². The Morgan fingerprint density at radius 2 is 0.971 bits per heavy atom. The van der Waals surface area contributed by atoms with E-state index in [1.54, 1.807) is 0 Å². The van der Waals surface area contributed by atoms with Crippen molar-refractivity contribution >= 4 is 32.3 Å². The maximum atomic E-state index is 4.15. The van der Waals surface area contributed by atoms with Crippen molar-refractivity contribution in [1.82, 2.24) is 4.98 Å². The molecule has 0 saturated carbocycles. The third kappa shape index (κ3) is 3.20. The highest BCUT2D eigenvalue weighted by atomic mass is 14.6. The van der Waals surface area contributed by atoms with Gasteiger partial charge < -0.3 is 0 Å². The van der Waals surface area contributed by atoms with Crippen molar-refractivity contribution < 1.29 is 0 Å². The van der Waals surface area contributed by atoms with Crippen LogP contribution in [-0.2, 0) is 0 Å². The average Bonchev–Trinajstić information content (AvgIpc) is 2.92. The summed E-state index contributed by atoms with van der Waals surface area (Å²) >= 11 is 0. The minimum atomic E-state index is 1.18. The summed E-state index contributed by atoms with van der Waals surface area (Å²) < 4.78 is 0. The molecule has 35 heavy (non-hydrogen) atoms. The van der Waals surface area contributed by atoms with Gasteiger partial charge >= 0.3 is 0 Å². The van der Waals surface area contributed by atoms with E-state index >= 15 is 0 Å². The predicted molar refractivity (Wildman–Crippen MR) is 149 cm³/mol. The lowest BCUT2D eigenvalue weighted by Crippen LogP contribution is -1.91. The topological polar surface area (TPSA) is 12.9 Å². The van der Waals surface area contributed by atoms with Gasteiger partial charge in [-0.2, -0.15) is 0 Å². The van der Waals surface area contributed by atoms with Crippen LogP contribution in [0.1, 0.15) is 5.56 Å². The zero-order valence-electron chi connectivity index (χ0n) is 19.5. The lowest BCUT2D eigenvalue weighted by molar-refractivity contribution is 1.33. The number of hydrogen-bond acceptors (Lipinski definition) is 1. The maximum absolute atomic E-state index is 4.15. The van der Waals surface area contributed by atoms with Crippen molar-refractivity contribution in [2.45, 2.75) is 6.92 Å². The van der Waals surface area contributed by atoms with Crippen LogP contribution in [0.15, 0.2) is 122 Å². The first-order valence-electron chi connectivity index (χ1n) is 12.0. The Morgan fingerprint density at radius 1 is 0.457 bits per heavy atom. The molecule has 1 heteroatoms. The predicted octanol–water partition coefficient (Wildman–Crippen LogP) is 9.29. The summed E-state index contributed by atoms with van der Waals surface area (Å²) in [7, 11) is 0. The Kier molecular flexibility index (Phi) is 4.43. The normalized spacial score (nSPS) is 11.6. The third-order valence-electron chi connectivity index (χ3n) is 7.22. The van der Waals surface area contributed by atoms with Crippen LogP contribution in [0, 0.1) is 6.92 Å². The van der Waals surface area contributed by atoms with Crippen LogP contribution in [0.4, 0.5) is 0 Å².